The molecular weight excluding hydrogens is 533 g/mol. The first-order valence-corrected chi connectivity index (χ1v) is 14.6. The Kier molecular flexibility index (Phi) is 7.81. The minimum atomic E-state index is -4.24. The molecule has 3 aromatic heterocycles. The minimum Gasteiger partial charge on any atom is -0.367 e. The molecule has 0 atom stereocenters. The molecule has 1 fully saturated rings. The van der Waals surface area contributed by atoms with Gasteiger partial charge in [-0.3, -0.25) is 4.90 Å². The number of likely N-dealkylation sites (tertiary alicyclic amines) is 1. The van der Waals surface area contributed by atoms with Gasteiger partial charge in [0.1, 0.15) is 28.7 Å². The molecule has 10 heteroatoms. The van der Waals surface area contributed by atoms with Crippen LogP contribution in [0.15, 0.2) is 30.6 Å². The van der Waals surface area contributed by atoms with Crippen molar-refractivity contribution in [2.75, 3.05) is 18.4 Å². The molecule has 4 aromatic rings. The van der Waals surface area contributed by atoms with Crippen molar-refractivity contribution in [2.45, 2.75) is 78.7 Å². The van der Waals surface area contributed by atoms with Gasteiger partial charge in [0, 0.05) is 48.0 Å². The molecule has 6 nitrogen and oxygen atoms in total. The summed E-state index contributed by atoms with van der Waals surface area (Å²) >= 11 is 1.07. The van der Waals surface area contributed by atoms with E-state index in [4.69, 9.17) is 0 Å². The van der Waals surface area contributed by atoms with E-state index in [1.807, 2.05) is 6.07 Å². The highest BCUT2D eigenvalue weighted by Crippen LogP contribution is 2.34. The third-order valence-corrected chi connectivity index (χ3v) is 9.25. The van der Waals surface area contributed by atoms with Crippen molar-refractivity contribution in [2.24, 2.45) is 5.41 Å². The van der Waals surface area contributed by atoms with E-state index in [9.17, 15) is 18.4 Å². The largest absolute Gasteiger partial charge is 0.393 e. The van der Waals surface area contributed by atoms with E-state index < -0.39 is 12.6 Å². The van der Waals surface area contributed by atoms with Crippen LogP contribution in [0.4, 0.5) is 19.0 Å². The van der Waals surface area contributed by atoms with Crippen LogP contribution in [0.25, 0.3) is 21.1 Å². The number of nitrogens with zero attached hydrogens (tertiary/aromatic N) is 5. The number of halogens is 3. The van der Waals surface area contributed by atoms with Gasteiger partial charge in [0.05, 0.1) is 11.8 Å². The SMILES string of the molecule is CCC(C)(C)Cn1c(C#N)cc2c(C)c(CN3CCC(Nc4ncnc5sc(CC(F)(F)F)cc45)CC3)ccc21. The number of hydrogen-bond donors (Lipinski definition) is 1. The number of rotatable bonds is 8. The molecule has 0 unspecified atom stereocenters. The minimum absolute atomic E-state index is 0.106. The van der Waals surface area contributed by atoms with Gasteiger partial charge in [0.2, 0.25) is 0 Å². The maximum atomic E-state index is 12.9. The van der Waals surface area contributed by atoms with Crippen LogP contribution in [-0.2, 0) is 19.5 Å². The zero-order valence-electron chi connectivity index (χ0n) is 23.4. The highest BCUT2D eigenvalue weighted by Gasteiger charge is 2.29. The molecule has 1 saturated heterocycles. The van der Waals surface area contributed by atoms with Gasteiger partial charge in [-0.25, -0.2) is 9.97 Å². The maximum Gasteiger partial charge on any atom is 0.393 e. The molecule has 0 amide bonds. The highest BCUT2D eigenvalue weighted by molar-refractivity contribution is 7.18. The summed E-state index contributed by atoms with van der Waals surface area (Å²) in [6.45, 7) is 12.3. The normalized spacial score (nSPS) is 15.7. The first kappa shape index (κ1) is 28.4. The summed E-state index contributed by atoms with van der Waals surface area (Å²) < 4.78 is 40.8. The van der Waals surface area contributed by atoms with Gasteiger partial charge in [0.25, 0.3) is 0 Å². The molecule has 0 saturated carbocycles. The molecule has 40 heavy (non-hydrogen) atoms. The Hall–Kier alpha value is -3.16. The molecule has 0 radical (unpaired) electrons. The average Bonchev–Trinajstić information content (AvgIpc) is 3.47. The number of aryl methyl sites for hydroxylation is 1. The fourth-order valence-electron chi connectivity index (χ4n) is 5.47. The fourth-order valence-corrected chi connectivity index (χ4v) is 6.50. The first-order valence-electron chi connectivity index (χ1n) is 13.8. The Morgan fingerprint density at radius 3 is 2.55 bits per heavy atom. The van der Waals surface area contributed by atoms with Crippen molar-refractivity contribution in [3.63, 3.8) is 0 Å². The van der Waals surface area contributed by atoms with Gasteiger partial charge in [0.15, 0.2) is 0 Å². The van der Waals surface area contributed by atoms with Crippen molar-refractivity contribution in [3.8, 4) is 6.07 Å². The molecule has 4 heterocycles. The molecule has 1 aromatic carbocycles. The summed E-state index contributed by atoms with van der Waals surface area (Å²) in [7, 11) is 0. The summed E-state index contributed by atoms with van der Waals surface area (Å²) in [4.78, 5) is 11.8. The molecule has 212 valence electrons. The Labute approximate surface area is 236 Å². The summed E-state index contributed by atoms with van der Waals surface area (Å²) in [5.74, 6) is 0.610. The zero-order chi connectivity index (χ0) is 28.7. The standard InChI is InChI=1S/C30H35F3N6S/c1-5-29(3,4)17-39-22(15-34)12-24-19(2)20(6-7-26(24)39)16-38-10-8-21(9-11-38)37-27-25-13-23(14-30(31,32)33)40-28(25)36-18-35-27/h6-7,12-13,18,21H,5,8-11,14,16-17H2,1-4H3,(H,35,36,37). The molecule has 1 aliphatic rings. The Morgan fingerprint density at radius 2 is 1.88 bits per heavy atom. The molecule has 5 rings (SSSR count). The summed E-state index contributed by atoms with van der Waals surface area (Å²) in [5, 5.41) is 15.1. The predicted molar refractivity (Wildman–Crippen MR) is 155 cm³/mol. The van der Waals surface area contributed by atoms with E-state index in [1.54, 1.807) is 6.07 Å². The van der Waals surface area contributed by atoms with Gasteiger partial charge in [-0.1, -0.05) is 26.8 Å². The van der Waals surface area contributed by atoms with E-state index in [-0.39, 0.29) is 16.3 Å². The van der Waals surface area contributed by atoms with Crippen LogP contribution < -0.4 is 5.32 Å². The number of alkyl halides is 3. The second-order valence-electron chi connectivity index (χ2n) is 11.7. The van der Waals surface area contributed by atoms with Crippen molar-refractivity contribution >= 4 is 38.3 Å². The first-order chi connectivity index (χ1) is 19.0. The van der Waals surface area contributed by atoms with E-state index in [0.717, 1.165) is 67.7 Å². The number of thiophene rings is 1. The van der Waals surface area contributed by atoms with Crippen molar-refractivity contribution in [1.82, 2.24) is 19.4 Å². The number of benzene rings is 1. The van der Waals surface area contributed by atoms with Crippen molar-refractivity contribution < 1.29 is 13.2 Å². The lowest BCUT2D eigenvalue weighted by Crippen LogP contribution is -2.39. The second-order valence-corrected chi connectivity index (χ2v) is 12.8. The quantitative estimate of drug-likeness (QED) is 0.239. The van der Waals surface area contributed by atoms with Crippen LogP contribution in [0, 0.1) is 23.7 Å². The molecular formula is C30H35F3N6S. The van der Waals surface area contributed by atoms with Crippen LogP contribution in [0.2, 0.25) is 0 Å². The van der Waals surface area contributed by atoms with Crippen LogP contribution in [0.3, 0.4) is 0 Å². The molecule has 0 bridgehead atoms. The smallest absolute Gasteiger partial charge is 0.367 e. The van der Waals surface area contributed by atoms with Crippen LogP contribution >= 0.6 is 11.3 Å². The van der Waals surface area contributed by atoms with E-state index in [0.29, 0.717) is 21.7 Å². The maximum absolute atomic E-state index is 12.9. The summed E-state index contributed by atoms with van der Waals surface area (Å²) in [6.07, 6.45) is -0.919. The molecule has 1 aliphatic heterocycles. The molecule has 1 N–H and O–H groups in total. The lowest BCUT2D eigenvalue weighted by atomic mass is 9.90. The van der Waals surface area contributed by atoms with Gasteiger partial charge in [-0.05, 0) is 60.9 Å². The second kappa shape index (κ2) is 11.0. The number of nitriles is 1. The van der Waals surface area contributed by atoms with Crippen molar-refractivity contribution in [1.29, 1.82) is 5.26 Å². The summed E-state index contributed by atoms with van der Waals surface area (Å²) in [6, 6.07) is 10.5. The highest BCUT2D eigenvalue weighted by atomic mass is 32.1. The summed E-state index contributed by atoms with van der Waals surface area (Å²) in [5.41, 5.74) is 4.42. The number of hydrogen-bond acceptors (Lipinski definition) is 6. The Balaban J connectivity index is 1.25. The predicted octanol–water partition coefficient (Wildman–Crippen LogP) is 7.44. The number of piperidine rings is 1. The number of aromatic nitrogens is 3. The number of anilines is 1. The molecule has 0 spiro atoms. The van der Waals surface area contributed by atoms with Crippen LogP contribution in [-0.4, -0.2) is 44.7 Å². The van der Waals surface area contributed by atoms with Crippen molar-refractivity contribution in [3.05, 3.63) is 52.3 Å². The Morgan fingerprint density at radius 1 is 1.12 bits per heavy atom. The third kappa shape index (κ3) is 6.11. The van der Waals surface area contributed by atoms with E-state index in [2.05, 4.69) is 70.6 Å². The van der Waals surface area contributed by atoms with Gasteiger partial charge < -0.3 is 9.88 Å². The number of nitrogens with one attached hydrogen (secondary N) is 1. The van der Waals surface area contributed by atoms with Crippen LogP contribution in [0.5, 0.6) is 0 Å². The lowest BCUT2D eigenvalue weighted by molar-refractivity contribution is -0.126. The topological polar surface area (TPSA) is 69.8 Å². The van der Waals surface area contributed by atoms with Gasteiger partial charge in [-0.2, -0.15) is 18.4 Å². The lowest BCUT2D eigenvalue weighted by Gasteiger charge is -2.33. The third-order valence-electron chi connectivity index (χ3n) is 8.20. The van der Waals surface area contributed by atoms with E-state index in [1.165, 1.54) is 17.5 Å². The Bertz CT molecular complexity index is 1550. The fraction of sp³-hybridized carbons (Fsp3) is 0.500. The van der Waals surface area contributed by atoms with Gasteiger partial charge in [-0.15, -0.1) is 11.3 Å². The molecule has 0 aliphatic carbocycles. The zero-order valence-corrected chi connectivity index (χ0v) is 24.2. The van der Waals surface area contributed by atoms with Crippen LogP contribution in [0.1, 0.15) is 61.7 Å². The van der Waals surface area contributed by atoms with Gasteiger partial charge >= 0.3 is 6.18 Å². The number of fused-ring (bicyclic) bond motifs is 2. The van der Waals surface area contributed by atoms with E-state index >= 15 is 0 Å². The average molecular weight is 569 g/mol. The monoisotopic (exact) mass is 568 g/mol.